The van der Waals surface area contributed by atoms with E-state index in [4.69, 9.17) is 14.2 Å². The van der Waals surface area contributed by atoms with Gasteiger partial charge in [-0.3, -0.25) is 4.79 Å². The molecule has 0 heterocycles. The van der Waals surface area contributed by atoms with Crippen LogP contribution in [0.15, 0.2) is 12.7 Å². The summed E-state index contributed by atoms with van der Waals surface area (Å²) < 4.78 is 17.3. The van der Waals surface area contributed by atoms with Crippen LogP contribution in [0.1, 0.15) is 59.8 Å². The van der Waals surface area contributed by atoms with Crippen LogP contribution in [0.2, 0.25) is 0 Å². The van der Waals surface area contributed by atoms with Gasteiger partial charge in [0.05, 0.1) is 17.0 Å². The number of hydrogen-bond donors (Lipinski definition) is 0. The Labute approximate surface area is 181 Å². The number of carbonyl (C=O) groups is 1. The molecule has 0 aromatic carbocycles. The van der Waals surface area contributed by atoms with Gasteiger partial charge in [0.15, 0.2) is 5.78 Å². The zero-order valence-electron chi connectivity index (χ0n) is 19.2. The molecule has 4 nitrogen and oxygen atoms in total. The summed E-state index contributed by atoms with van der Waals surface area (Å²) >= 11 is 1.73. The number of ether oxygens (including phenoxy) is 3. The first-order valence-electron chi connectivity index (χ1n) is 11.1. The van der Waals surface area contributed by atoms with Gasteiger partial charge in [0, 0.05) is 31.3 Å². The van der Waals surface area contributed by atoms with Crippen LogP contribution in [0.5, 0.6) is 0 Å². The molecule has 3 fully saturated rings. The van der Waals surface area contributed by atoms with E-state index in [1.807, 2.05) is 13.2 Å². The molecular weight excluding hydrogens is 384 g/mol. The molecule has 0 N–H and O–H groups in total. The molecule has 0 saturated heterocycles. The van der Waals surface area contributed by atoms with Gasteiger partial charge < -0.3 is 14.2 Å². The molecule has 0 spiro atoms. The Morgan fingerprint density at radius 2 is 1.90 bits per heavy atom. The van der Waals surface area contributed by atoms with Crippen LogP contribution in [-0.2, 0) is 19.0 Å². The lowest BCUT2D eigenvalue weighted by Gasteiger charge is -2.62. The van der Waals surface area contributed by atoms with E-state index in [9.17, 15) is 4.79 Å². The lowest BCUT2D eigenvalue weighted by molar-refractivity contribution is -0.211. The summed E-state index contributed by atoms with van der Waals surface area (Å²) in [5.74, 6) is 2.03. The molecule has 3 aliphatic carbocycles. The van der Waals surface area contributed by atoms with Crippen LogP contribution in [0.4, 0.5) is 0 Å². The third-order valence-corrected chi connectivity index (χ3v) is 10.3. The van der Waals surface area contributed by atoms with E-state index in [1.165, 1.54) is 0 Å². The van der Waals surface area contributed by atoms with E-state index in [2.05, 4.69) is 34.3 Å². The van der Waals surface area contributed by atoms with E-state index < -0.39 is 4.75 Å². The summed E-state index contributed by atoms with van der Waals surface area (Å²) in [5.41, 5.74) is -0.0525. The zero-order valence-corrected chi connectivity index (χ0v) is 20.0. The molecule has 3 saturated carbocycles. The summed E-state index contributed by atoms with van der Waals surface area (Å²) in [5, 5.41) is 0. The van der Waals surface area contributed by atoms with E-state index in [0.29, 0.717) is 24.0 Å². The second kappa shape index (κ2) is 8.64. The Hall–Kier alpha value is -0.360. The molecule has 0 radical (unpaired) electrons. The largest absolute Gasteiger partial charge is 0.381 e. The summed E-state index contributed by atoms with van der Waals surface area (Å²) in [6.07, 6.45) is 7.13. The normalized spacial score (nSPS) is 47.4. The zero-order chi connectivity index (χ0) is 21.4. The average molecular weight is 425 g/mol. The van der Waals surface area contributed by atoms with E-state index in [-0.39, 0.29) is 35.7 Å². The highest BCUT2D eigenvalue weighted by Crippen LogP contribution is 2.68. The average Bonchev–Trinajstić information content (AvgIpc) is 3.11. The predicted octanol–water partition coefficient (Wildman–Crippen LogP) is 5.11. The van der Waals surface area contributed by atoms with Crippen LogP contribution >= 0.6 is 11.8 Å². The molecule has 3 rings (SSSR count). The molecule has 0 aliphatic heterocycles. The third kappa shape index (κ3) is 3.54. The third-order valence-electron chi connectivity index (χ3n) is 8.92. The predicted molar refractivity (Wildman–Crippen MR) is 119 cm³/mol. The standard InChI is InChI=1S/C24H40O4S/c1-8-13-29-22(4)14-19(28-15-26-6)23(5)16(2)9-11-24(17(3)21(22)25)12-10-18(27-7)20(23)24/h8,16-20H,1,9-15H2,2-7H3/t16-,17+,18-,19?,20?,22-,23+,24?/m1/s1. The van der Waals surface area contributed by atoms with Gasteiger partial charge in [-0.05, 0) is 56.3 Å². The van der Waals surface area contributed by atoms with E-state index >= 15 is 0 Å². The maximum atomic E-state index is 14.0. The molecule has 0 amide bonds. The number of carbonyl (C=O) groups excluding carboxylic acids is 1. The Bertz CT molecular complexity index is 624. The minimum Gasteiger partial charge on any atom is -0.381 e. The van der Waals surface area contributed by atoms with E-state index in [1.54, 1.807) is 18.9 Å². The van der Waals surface area contributed by atoms with Crippen molar-refractivity contribution in [2.75, 3.05) is 26.8 Å². The van der Waals surface area contributed by atoms with Crippen molar-refractivity contribution in [3.63, 3.8) is 0 Å². The fourth-order valence-corrected chi connectivity index (χ4v) is 8.21. The fourth-order valence-electron chi connectivity index (χ4n) is 7.14. The van der Waals surface area contributed by atoms with Crippen molar-refractivity contribution in [1.82, 2.24) is 0 Å². The number of ketones is 1. The molecule has 5 heteroatoms. The first kappa shape index (κ1) is 23.3. The summed E-state index contributed by atoms with van der Waals surface area (Å²) in [4.78, 5) is 14.0. The van der Waals surface area contributed by atoms with Crippen LogP contribution in [-0.4, -0.2) is 49.5 Å². The highest BCUT2D eigenvalue weighted by molar-refractivity contribution is 8.01. The van der Waals surface area contributed by atoms with Crippen LogP contribution in [0.25, 0.3) is 0 Å². The van der Waals surface area contributed by atoms with Crippen molar-refractivity contribution in [2.45, 2.75) is 76.8 Å². The van der Waals surface area contributed by atoms with Gasteiger partial charge in [-0.2, -0.15) is 0 Å². The molecule has 0 aromatic rings. The van der Waals surface area contributed by atoms with Crippen molar-refractivity contribution in [2.24, 2.45) is 28.6 Å². The van der Waals surface area contributed by atoms with Crippen molar-refractivity contribution in [3.05, 3.63) is 12.7 Å². The minimum absolute atomic E-state index is 0.00409. The maximum absolute atomic E-state index is 14.0. The number of rotatable bonds is 7. The topological polar surface area (TPSA) is 44.8 Å². The van der Waals surface area contributed by atoms with Crippen LogP contribution in [0, 0.1) is 28.6 Å². The van der Waals surface area contributed by atoms with Gasteiger partial charge in [0.25, 0.3) is 0 Å². The number of thioether (sulfide) groups is 1. The van der Waals surface area contributed by atoms with Crippen molar-refractivity contribution in [1.29, 1.82) is 0 Å². The monoisotopic (exact) mass is 424 g/mol. The number of hydrogen-bond acceptors (Lipinski definition) is 5. The first-order chi connectivity index (χ1) is 13.7. The van der Waals surface area contributed by atoms with Gasteiger partial charge in [-0.25, -0.2) is 0 Å². The minimum atomic E-state index is -0.479. The molecule has 166 valence electrons. The molecule has 2 bridgehead atoms. The highest BCUT2D eigenvalue weighted by atomic mass is 32.2. The Morgan fingerprint density at radius 3 is 2.52 bits per heavy atom. The first-order valence-corrected chi connectivity index (χ1v) is 12.1. The summed E-state index contributed by atoms with van der Waals surface area (Å²) in [7, 11) is 3.51. The van der Waals surface area contributed by atoms with Crippen LogP contribution < -0.4 is 0 Å². The maximum Gasteiger partial charge on any atom is 0.152 e. The van der Waals surface area contributed by atoms with Gasteiger partial charge >= 0.3 is 0 Å². The molecule has 8 atom stereocenters. The van der Waals surface area contributed by atoms with Crippen molar-refractivity contribution < 1.29 is 19.0 Å². The second-order valence-electron chi connectivity index (χ2n) is 10.0. The lowest BCUT2D eigenvalue weighted by Crippen LogP contribution is -2.63. The van der Waals surface area contributed by atoms with E-state index in [0.717, 1.165) is 31.4 Å². The molecule has 0 aromatic heterocycles. The summed E-state index contributed by atoms with van der Waals surface area (Å²) in [6, 6.07) is 0. The molecular formula is C24H40O4S. The van der Waals surface area contributed by atoms with Gasteiger partial charge in [0.2, 0.25) is 0 Å². The van der Waals surface area contributed by atoms with Gasteiger partial charge in [0.1, 0.15) is 6.79 Å². The fraction of sp³-hybridized carbons (Fsp3) is 0.875. The van der Waals surface area contributed by atoms with Gasteiger partial charge in [-0.1, -0.05) is 26.8 Å². The molecule has 3 aliphatic rings. The molecule has 29 heavy (non-hydrogen) atoms. The second-order valence-corrected chi connectivity index (χ2v) is 11.5. The Morgan fingerprint density at radius 1 is 1.21 bits per heavy atom. The SMILES string of the molecule is C=CCS[C@]1(C)CC(OCOC)[C@@]2(C)C3[C@H](OC)CCC3(CC[C@H]2C)[C@@H](C)C1=O. The number of Topliss-reactive ketones (excluding diaryl/α,β-unsaturated/α-hetero) is 1. The summed E-state index contributed by atoms with van der Waals surface area (Å²) in [6.45, 7) is 13.3. The van der Waals surface area contributed by atoms with Crippen molar-refractivity contribution >= 4 is 17.5 Å². The quantitative estimate of drug-likeness (QED) is 0.420. The number of methoxy groups -OCH3 is 2. The smallest absolute Gasteiger partial charge is 0.152 e. The molecule has 3 unspecified atom stereocenters. The Balaban J connectivity index is 2.16. The van der Waals surface area contributed by atoms with Crippen LogP contribution in [0.3, 0.4) is 0 Å². The lowest BCUT2D eigenvalue weighted by atomic mass is 9.45. The Kier molecular flexibility index (Phi) is 6.95. The van der Waals surface area contributed by atoms with Crippen molar-refractivity contribution in [3.8, 4) is 0 Å². The highest BCUT2D eigenvalue weighted by Gasteiger charge is 2.68. The van der Waals surface area contributed by atoms with Gasteiger partial charge in [-0.15, -0.1) is 18.3 Å².